The largest absolute Gasteiger partial charge is 0.468 e. The van der Waals surface area contributed by atoms with Crippen molar-refractivity contribution in [3.63, 3.8) is 0 Å². The standard InChI is InChI=1S/C27H31N3O4/c1-20(21-9-3-2-4-10-21)28-27(32)24-13-5-6-14-25(24)29-26(31)19-30(17-22-11-7-15-33-22)18-23-12-8-16-34-23/h2-7,9-11,13-15,20,23H,8,12,16-19H2,1H3,(H,28,32)(H,29,31). The van der Waals surface area contributed by atoms with E-state index in [2.05, 4.69) is 10.6 Å². The molecular formula is C27H31N3O4. The summed E-state index contributed by atoms with van der Waals surface area (Å²) in [6.07, 6.45) is 3.76. The zero-order valence-electron chi connectivity index (χ0n) is 19.4. The molecule has 0 bridgehead atoms. The Balaban J connectivity index is 1.40. The van der Waals surface area contributed by atoms with Crippen molar-refractivity contribution in [1.82, 2.24) is 10.2 Å². The third kappa shape index (κ3) is 6.56. The second-order valence-electron chi connectivity index (χ2n) is 8.58. The predicted octanol–water partition coefficient (Wildman–Crippen LogP) is 4.39. The molecular weight excluding hydrogens is 430 g/mol. The lowest BCUT2D eigenvalue weighted by molar-refractivity contribution is -0.117. The van der Waals surface area contributed by atoms with Gasteiger partial charge >= 0.3 is 0 Å². The maximum absolute atomic E-state index is 13.0. The molecule has 0 radical (unpaired) electrons. The van der Waals surface area contributed by atoms with Crippen LogP contribution in [0.2, 0.25) is 0 Å². The van der Waals surface area contributed by atoms with Crippen molar-refractivity contribution < 1.29 is 18.7 Å². The van der Waals surface area contributed by atoms with E-state index in [9.17, 15) is 9.59 Å². The van der Waals surface area contributed by atoms with Gasteiger partial charge < -0.3 is 19.8 Å². The van der Waals surface area contributed by atoms with Gasteiger partial charge in [0.05, 0.1) is 42.7 Å². The Labute approximate surface area is 200 Å². The minimum atomic E-state index is -0.237. The Morgan fingerprint density at radius 3 is 2.59 bits per heavy atom. The van der Waals surface area contributed by atoms with Crippen molar-refractivity contribution in [2.45, 2.75) is 38.5 Å². The van der Waals surface area contributed by atoms with Crippen LogP contribution in [0.5, 0.6) is 0 Å². The predicted molar refractivity (Wildman–Crippen MR) is 130 cm³/mol. The highest BCUT2D eigenvalue weighted by atomic mass is 16.5. The van der Waals surface area contributed by atoms with Gasteiger partial charge in [0.25, 0.3) is 5.91 Å². The highest BCUT2D eigenvalue weighted by Gasteiger charge is 2.23. The summed E-state index contributed by atoms with van der Waals surface area (Å²) < 4.78 is 11.3. The number of hydrogen-bond acceptors (Lipinski definition) is 5. The lowest BCUT2D eigenvalue weighted by Gasteiger charge is -2.24. The van der Waals surface area contributed by atoms with E-state index >= 15 is 0 Å². The van der Waals surface area contributed by atoms with Gasteiger partial charge in [-0.15, -0.1) is 0 Å². The van der Waals surface area contributed by atoms with Gasteiger partial charge in [0.2, 0.25) is 5.91 Å². The smallest absolute Gasteiger partial charge is 0.253 e. The van der Waals surface area contributed by atoms with Crippen molar-refractivity contribution in [3.05, 3.63) is 89.9 Å². The molecule has 2 atom stereocenters. The van der Waals surface area contributed by atoms with Crippen molar-refractivity contribution in [1.29, 1.82) is 0 Å². The second-order valence-corrected chi connectivity index (χ2v) is 8.58. The van der Waals surface area contributed by atoms with Crippen LogP contribution in [-0.4, -0.2) is 42.5 Å². The SMILES string of the molecule is CC(NC(=O)c1ccccc1NC(=O)CN(Cc1ccco1)CC1CCCO1)c1ccccc1. The number of rotatable bonds is 10. The molecule has 2 unspecified atom stereocenters. The lowest BCUT2D eigenvalue weighted by atomic mass is 10.1. The summed E-state index contributed by atoms with van der Waals surface area (Å²) in [5.41, 5.74) is 1.93. The summed E-state index contributed by atoms with van der Waals surface area (Å²) in [6, 6.07) is 20.4. The van der Waals surface area contributed by atoms with Gasteiger partial charge in [-0.1, -0.05) is 42.5 Å². The van der Waals surface area contributed by atoms with Crippen LogP contribution in [0.3, 0.4) is 0 Å². The van der Waals surface area contributed by atoms with Crippen LogP contribution in [0.4, 0.5) is 5.69 Å². The quantitative estimate of drug-likeness (QED) is 0.468. The first-order chi connectivity index (χ1) is 16.6. The summed E-state index contributed by atoms with van der Waals surface area (Å²) in [6.45, 7) is 4.01. The molecule has 0 spiro atoms. The van der Waals surface area contributed by atoms with E-state index in [1.165, 1.54) is 0 Å². The Hall–Kier alpha value is -3.42. The number of ether oxygens (including phenoxy) is 1. The summed E-state index contributed by atoms with van der Waals surface area (Å²) in [5, 5.41) is 5.94. The topological polar surface area (TPSA) is 83.8 Å². The van der Waals surface area contributed by atoms with Gasteiger partial charge in [-0.05, 0) is 49.6 Å². The van der Waals surface area contributed by atoms with Crippen LogP contribution in [0.25, 0.3) is 0 Å². The molecule has 1 saturated heterocycles. The van der Waals surface area contributed by atoms with E-state index in [0.717, 1.165) is 30.8 Å². The number of amides is 2. The van der Waals surface area contributed by atoms with E-state index < -0.39 is 0 Å². The molecule has 1 aliphatic heterocycles. The molecule has 1 aromatic heterocycles. The van der Waals surface area contributed by atoms with Crippen LogP contribution in [0, 0.1) is 0 Å². The summed E-state index contributed by atoms with van der Waals surface area (Å²) in [7, 11) is 0. The highest BCUT2D eigenvalue weighted by Crippen LogP contribution is 2.19. The third-order valence-corrected chi connectivity index (χ3v) is 5.91. The number of furan rings is 1. The monoisotopic (exact) mass is 461 g/mol. The first-order valence-electron chi connectivity index (χ1n) is 11.7. The van der Waals surface area contributed by atoms with Gasteiger partial charge in [0.15, 0.2) is 0 Å². The third-order valence-electron chi connectivity index (χ3n) is 5.91. The Morgan fingerprint density at radius 2 is 1.85 bits per heavy atom. The van der Waals surface area contributed by atoms with E-state index in [1.54, 1.807) is 30.5 Å². The molecule has 7 nitrogen and oxygen atoms in total. The maximum atomic E-state index is 13.0. The number of carbonyl (C=O) groups excluding carboxylic acids is 2. The molecule has 2 heterocycles. The summed E-state index contributed by atoms with van der Waals surface area (Å²) in [4.78, 5) is 28.0. The van der Waals surface area contributed by atoms with Crippen LogP contribution in [-0.2, 0) is 16.1 Å². The second kappa shape index (κ2) is 11.6. The molecule has 2 aromatic carbocycles. The maximum Gasteiger partial charge on any atom is 0.253 e. The molecule has 2 amide bonds. The van der Waals surface area contributed by atoms with Gasteiger partial charge in [-0.3, -0.25) is 14.5 Å². The van der Waals surface area contributed by atoms with Gasteiger partial charge in [0.1, 0.15) is 5.76 Å². The Bertz CT molecular complexity index is 1060. The molecule has 34 heavy (non-hydrogen) atoms. The van der Waals surface area contributed by atoms with Crippen molar-refractivity contribution in [3.8, 4) is 0 Å². The number of benzene rings is 2. The fraction of sp³-hybridized carbons (Fsp3) is 0.333. The average Bonchev–Trinajstić information content (AvgIpc) is 3.54. The lowest BCUT2D eigenvalue weighted by Crippen LogP contribution is -2.38. The van der Waals surface area contributed by atoms with Crippen LogP contribution in [0.1, 0.15) is 47.5 Å². The molecule has 178 valence electrons. The Kier molecular flexibility index (Phi) is 8.12. The molecule has 0 aliphatic carbocycles. The Morgan fingerprint density at radius 1 is 1.06 bits per heavy atom. The average molecular weight is 462 g/mol. The zero-order chi connectivity index (χ0) is 23.8. The normalized spacial score (nSPS) is 16.4. The minimum absolute atomic E-state index is 0.111. The van der Waals surface area contributed by atoms with Gasteiger partial charge in [0, 0.05) is 13.2 Å². The fourth-order valence-corrected chi connectivity index (χ4v) is 4.17. The number of para-hydroxylation sites is 1. The van der Waals surface area contributed by atoms with Crippen LogP contribution >= 0.6 is 0 Å². The summed E-state index contributed by atoms with van der Waals surface area (Å²) in [5.74, 6) is 0.362. The molecule has 4 rings (SSSR count). The van der Waals surface area contributed by atoms with Gasteiger partial charge in [-0.2, -0.15) is 0 Å². The van der Waals surface area contributed by atoms with Crippen molar-refractivity contribution >= 4 is 17.5 Å². The van der Waals surface area contributed by atoms with E-state index in [1.807, 2.05) is 54.3 Å². The van der Waals surface area contributed by atoms with Crippen molar-refractivity contribution in [2.75, 3.05) is 25.0 Å². The van der Waals surface area contributed by atoms with E-state index in [0.29, 0.717) is 24.3 Å². The first kappa shape index (κ1) is 23.7. The number of nitrogens with one attached hydrogen (secondary N) is 2. The molecule has 0 saturated carbocycles. The minimum Gasteiger partial charge on any atom is -0.468 e. The van der Waals surface area contributed by atoms with Gasteiger partial charge in [-0.25, -0.2) is 0 Å². The summed E-state index contributed by atoms with van der Waals surface area (Å²) >= 11 is 0. The highest BCUT2D eigenvalue weighted by molar-refractivity contribution is 6.04. The molecule has 1 fully saturated rings. The van der Waals surface area contributed by atoms with Crippen LogP contribution in [0.15, 0.2) is 77.4 Å². The van der Waals surface area contributed by atoms with E-state index in [-0.39, 0.29) is 30.5 Å². The molecule has 1 aliphatic rings. The van der Waals surface area contributed by atoms with E-state index in [4.69, 9.17) is 9.15 Å². The molecule has 2 N–H and O–H groups in total. The number of hydrogen-bond donors (Lipinski definition) is 2. The number of carbonyl (C=O) groups is 2. The fourth-order valence-electron chi connectivity index (χ4n) is 4.17. The van der Waals surface area contributed by atoms with Crippen molar-refractivity contribution in [2.24, 2.45) is 0 Å². The number of anilines is 1. The van der Waals surface area contributed by atoms with Crippen LogP contribution < -0.4 is 10.6 Å². The number of nitrogens with zero attached hydrogens (tertiary/aromatic N) is 1. The zero-order valence-corrected chi connectivity index (χ0v) is 19.4. The molecule has 3 aromatic rings. The first-order valence-corrected chi connectivity index (χ1v) is 11.7. The molecule has 7 heteroatoms.